The molecule has 0 fully saturated rings. The lowest BCUT2D eigenvalue weighted by molar-refractivity contribution is 1.13. The van der Waals surface area contributed by atoms with Crippen LogP contribution in [0, 0.1) is 45.3 Å². The molecule has 0 spiro atoms. The molecule has 0 N–H and O–H groups in total. The summed E-state index contributed by atoms with van der Waals surface area (Å²) in [5, 5.41) is 52.5. The van der Waals surface area contributed by atoms with Crippen molar-refractivity contribution in [2.75, 3.05) is 0 Å². The molecule has 24 rings (SSSR count). The number of para-hydroxylation sites is 2. The minimum Gasteiger partial charge on any atom is -0.308 e. The zero-order chi connectivity index (χ0) is 88.0. The second-order valence-electron chi connectivity index (χ2n) is 32.4. The van der Waals surface area contributed by atoms with Crippen molar-refractivity contribution in [3.63, 3.8) is 0 Å². The Morgan fingerprint density at radius 2 is 0.470 bits per heavy atom. The molecule has 0 saturated carbocycles. The van der Waals surface area contributed by atoms with Crippen LogP contribution in [0.1, 0.15) is 22.3 Å². The Bertz CT molecular complexity index is 8990. The van der Waals surface area contributed by atoms with Gasteiger partial charge in [-0.25, -0.2) is 49.8 Å². The molecule has 10 heterocycles. The van der Waals surface area contributed by atoms with Gasteiger partial charge in [0.1, 0.15) is 0 Å². The molecule has 0 aliphatic rings. The van der Waals surface area contributed by atoms with Crippen molar-refractivity contribution < 1.29 is 0 Å². The van der Waals surface area contributed by atoms with Gasteiger partial charge >= 0.3 is 0 Å². The van der Waals surface area contributed by atoms with Crippen LogP contribution < -0.4 is 0 Å². The summed E-state index contributed by atoms with van der Waals surface area (Å²) >= 11 is 0. The van der Waals surface area contributed by atoms with Crippen LogP contribution in [0.25, 0.3) is 234 Å². The van der Waals surface area contributed by atoms with Gasteiger partial charge in [0, 0.05) is 148 Å². The molecule has 18 heteroatoms. The molecule has 0 unspecified atom stereocenters. The fourth-order valence-corrected chi connectivity index (χ4v) is 19.0. The maximum atomic E-state index is 11.7. The van der Waals surface area contributed by atoms with E-state index in [0.29, 0.717) is 90.7 Å². The molecule has 610 valence electrons. The van der Waals surface area contributed by atoms with Gasteiger partial charge in [-0.05, 0) is 157 Å². The summed E-state index contributed by atoms with van der Waals surface area (Å²) in [5.74, 6) is 2.03. The van der Waals surface area contributed by atoms with Gasteiger partial charge in [-0.3, -0.25) is 0 Å². The quantitative estimate of drug-likeness (QED) is 0.0927. The molecule has 10 aromatic heterocycles. The summed E-state index contributed by atoms with van der Waals surface area (Å²) in [6, 6.07) is 126. The first-order valence-electron chi connectivity index (χ1n) is 42.9. The molecule has 24 aromatic rings. The fourth-order valence-electron chi connectivity index (χ4n) is 19.0. The van der Waals surface area contributed by atoms with Gasteiger partial charge in [-0.15, -0.1) is 0 Å². The first-order chi connectivity index (χ1) is 65.2. The van der Waals surface area contributed by atoms with Gasteiger partial charge in [-0.1, -0.05) is 200 Å². The summed E-state index contributed by atoms with van der Waals surface area (Å²) in [6.45, 7) is 0. The normalized spacial score (nSPS) is 11.5. The van der Waals surface area contributed by atoms with Crippen LogP contribution in [0.15, 0.2) is 389 Å². The van der Waals surface area contributed by atoms with Crippen LogP contribution >= 0.6 is 0 Å². The number of nitriles is 4. The van der Waals surface area contributed by atoms with E-state index in [4.69, 9.17) is 49.8 Å². The molecule has 0 aliphatic heterocycles. The zero-order valence-corrected chi connectivity index (χ0v) is 70.0. The second-order valence-corrected chi connectivity index (χ2v) is 32.4. The lowest BCUT2D eigenvalue weighted by Crippen LogP contribution is -2.05. The predicted molar refractivity (Wildman–Crippen MR) is 520 cm³/mol. The third-order valence-electron chi connectivity index (χ3n) is 24.8. The van der Waals surface area contributed by atoms with E-state index in [-0.39, 0.29) is 0 Å². The molecule has 14 aromatic carbocycles. The highest BCUT2D eigenvalue weighted by atomic mass is 15.0. The molecular formula is C114H64N18. The first-order valence-corrected chi connectivity index (χ1v) is 42.9. The van der Waals surface area contributed by atoms with Crippen molar-refractivity contribution in [3.8, 4) is 171 Å². The van der Waals surface area contributed by atoms with Crippen LogP contribution in [-0.2, 0) is 0 Å². The Morgan fingerprint density at radius 1 is 0.174 bits per heavy atom. The third-order valence-corrected chi connectivity index (χ3v) is 24.8. The maximum absolute atomic E-state index is 11.7. The average molecular weight is 1690 g/mol. The van der Waals surface area contributed by atoms with E-state index >= 15 is 0 Å². The van der Waals surface area contributed by atoms with E-state index in [1.165, 1.54) is 0 Å². The Morgan fingerprint density at radius 3 is 0.879 bits per heavy atom. The first kappa shape index (κ1) is 76.5. The number of rotatable bonds is 15. The Hall–Kier alpha value is -19.1. The van der Waals surface area contributed by atoms with E-state index in [0.717, 1.165) is 166 Å². The number of fused-ring (bicyclic) bond motifs is 12. The summed E-state index contributed by atoms with van der Waals surface area (Å²) in [7, 11) is 0. The fraction of sp³-hybridized carbons (Fsp3) is 0. The third kappa shape index (κ3) is 13.0. The molecule has 0 amide bonds. The molecule has 0 bridgehead atoms. The smallest absolute Gasteiger partial charge is 0.159 e. The van der Waals surface area contributed by atoms with E-state index in [1.54, 1.807) is 67.6 Å². The number of pyridine rings is 2. The van der Waals surface area contributed by atoms with Crippen LogP contribution in [-0.4, -0.2) is 68.1 Å². The van der Waals surface area contributed by atoms with Crippen LogP contribution in [0.5, 0.6) is 0 Å². The highest BCUT2D eigenvalue weighted by molar-refractivity contribution is 6.16. The average Bonchev–Trinajstić information content (AvgIpc) is 1.53. The van der Waals surface area contributed by atoms with Crippen molar-refractivity contribution in [3.05, 3.63) is 411 Å². The SMILES string of the molecule is N#Cc1cccc(-c2c(-n3c4ccccc4c4ccc(-c5cccc(-c6ccccc6)n5)cc43)cc(C#N)cc2-n2c3ccccc3c3ccc(-c4cc(-c5ccnc(-c6ccc7c8ccc(-c9ncccn9)cc8n(-c8cc(C#N)cc(-n9c%10cc(-c%11ncccn%11)ccc%10c%10ccc(-c%11ncccn%11)cc%109)c8-c8cccc(C#N)c8)c7c6)n5)cc(-c5ccccc5)n4)cc32)c1. The van der Waals surface area contributed by atoms with Gasteiger partial charge in [0.25, 0.3) is 0 Å². The second kappa shape index (κ2) is 31.5. The zero-order valence-electron chi connectivity index (χ0n) is 70.0. The summed E-state index contributed by atoms with van der Waals surface area (Å²) in [5.41, 5.74) is 25.3. The highest BCUT2D eigenvalue weighted by Crippen LogP contribution is 2.49. The summed E-state index contributed by atoms with van der Waals surface area (Å²) in [6.07, 6.45) is 12.2. The molecule has 132 heavy (non-hydrogen) atoms. The summed E-state index contributed by atoms with van der Waals surface area (Å²) < 4.78 is 8.95. The van der Waals surface area contributed by atoms with Crippen molar-refractivity contribution in [1.29, 1.82) is 21.0 Å². The van der Waals surface area contributed by atoms with Gasteiger partial charge in [0.15, 0.2) is 23.3 Å². The van der Waals surface area contributed by atoms with E-state index in [2.05, 4.69) is 206 Å². The monoisotopic (exact) mass is 1680 g/mol. The van der Waals surface area contributed by atoms with Crippen molar-refractivity contribution >= 4 is 87.2 Å². The summed E-state index contributed by atoms with van der Waals surface area (Å²) in [4.78, 5) is 49.9. The maximum Gasteiger partial charge on any atom is 0.159 e. The molecule has 18 nitrogen and oxygen atoms in total. The predicted octanol–water partition coefficient (Wildman–Crippen LogP) is 25.8. The van der Waals surface area contributed by atoms with Crippen LogP contribution in [0.3, 0.4) is 0 Å². The lowest BCUT2D eigenvalue weighted by atomic mass is 9.96. The Labute approximate surface area is 754 Å². The van der Waals surface area contributed by atoms with Crippen molar-refractivity contribution in [2.24, 2.45) is 0 Å². The molecular weight excluding hydrogens is 1620 g/mol. The van der Waals surface area contributed by atoms with E-state index in [9.17, 15) is 21.0 Å². The number of hydrogen-bond donors (Lipinski definition) is 0. The lowest BCUT2D eigenvalue weighted by Gasteiger charge is -2.21. The molecule has 0 aliphatic carbocycles. The van der Waals surface area contributed by atoms with Gasteiger partial charge in [0.05, 0.1) is 142 Å². The van der Waals surface area contributed by atoms with Gasteiger partial charge in [0.2, 0.25) is 0 Å². The Kier molecular flexibility index (Phi) is 18.3. The molecule has 0 radical (unpaired) electrons. The highest BCUT2D eigenvalue weighted by Gasteiger charge is 2.29. The Balaban J connectivity index is 0.697. The standard InChI is InChI=1S/C114H64N18/c115-65-69-17-11-23-77(51-69)109-105(129-97-29-9-7-25-84(97)86-37-31-75(59-99(86)129)93-28-13-27-92(126-93)73-19-3-1-4-20-73)53-71(67-117)54-106(109)130-98-30-10-8-26-85(98)87-38-32-76(60-100(87)130)96-58-83(57-95(127-96)74-21-5-2-6-22-74)94-43-50-125-114(128-94)82-36-42-91-90-41-35-81(113-123-48-16-49-124-113)63-103(90)132(104(91)64-82)108-56-72(68-118)55-107(110(108)78-24-12-18-70(52-78)66-116)131-101-61-79(111-119-44-14-45-120-111)33-39-88(101)89-40-34-80(62-102(89)131)112-121-46-15-47-122-112/h1-64H. The largest absolute Gasteiger partial charge is 0.308 e. The van der Waals surface area contributed by atoms with Gasteiger partial charge < -0.3 is 18.3 Å². The minimum absolute atomic E-state index is 0.359. The number of hydrogen-bond acceptors (Lipinski definition) is 14. The van der Waals surface area contributed by atoms with Crippen LogP contribution in [0.4, 0.5) is 0 Å². The number of benzene rings is 14. The topological polar surface area (TPSA) is 244 Å². The number of nitrogens with zero attached hydrogens (tertiary/aromatic N) is 18. The molecule has 0 atom stereocenters. The van der Waals surface area contributed by atoms with E-state index < -0.39 is 0 Å². The van der Waals surface area contributed by atoms with E-state index in [1.807, 2.05) is 158 Å². The molecule has 0 saturated heterocycles. The minimum atomic E-state index is 0.359. The van der Waals surface area contributed by atoms with Gasteiger partial charge in [-0.2, -0.15) is 21.0 Å². The van der Waals surface area contributed by atoms with Crippen molar-refractivity contribution in [1.82, 2.24) is 68.1 Å². The van der Waals surface area contributed by atoms with Crippen molar-refractivity contribution in [2.45, 2.75) is 0 Å². The number of aromatic nitrogens is 14. The van der Waals surface area contributed by atoms with Crippen LogP contribution in [0.2, 0.25) is 0 Å².